The molecule has 1 aliphatic rings. The first-order valence-corrected chi connectivity index (χ1v) is 6.83. The molecular formula is C10H19NO3S. The van der Waals surface area contributed by atoms with Crippen LogP contribution in [-0.4, -0.2) is 50.8 Å². The lowest BCUT2D eigenvalue weighted by Crippen LogP contribution is -2.45. The highest BCUT2D eigenvalue weighted by Crippen LogP contribution is 2.14. The Morgan fingerprint density at radius 3 is 2.53 bits per heavy atom. The number of carboxylic acids is 1. The molecule has 88 valence electrons. The summed E-state index contributed by atoms with van der Waals surface area (Å²) in [5.41, 5.74) is 0. The summed E-state index contributed by atoms with van der Waals surface area (Å²) in [4.78, 5) is 13.1. The van der Waals surface area contributed by atoms with Crippen LogP contribution in [0.15, 0.2) is 0 Å². The summed E-state index contributed by atoms with van der Waals surface area (Å²) in [7, 11) is -0.756. The van der Waals surface area contributed by atoms with E-state index in [2.05, 4.69) is 0 Å². The van der Waals surface area contributed by atoms with E-state index in [0.717, 1.165) is 13.0 Å². The predicted octanol–water partition coefficient (Wildman–Crippen LogP) is 0.550. The Balaban J connectivity index is 2.66. The Kier molecular flexibility index (Phi) is 4.73. The van der Waals surface area contributed by atoms with Gasteiger partial charge in [0.2, 0.25) is 0 Å². The van der Waals surface area contributed by atoms with Crippen molar-refractivity contribution in [3.8, 4) is 0 Å². The van der Waals surface area contributed by atoms with Gasteiger partial charge in [-0.2, -0.15) is 0 Å². The highest BCUT2D eigenvalue weighted by atomic mass is 32.2. The Bertz CT molecular complexity index is 255. The molecule has 0 aliphatic carbocycles. The van der Waals surface area contributed by atoms with Gasteiger partial charge in [0.15, 0.2) is 0 Å². The maximum absolute atomic E-state index is 11.3. The Morgan fingerprint density at radius 1 is 1.33 bits per heavy atom. The van der Waals surface area contributed by atoms with Crippen LogP contribution in [-0.2, 0) is 15.6 Å². The lowest BCUT2D eigenvalue weighted by molar-refractivity contribution is -0.145. The van der Waals surface area contributed by atoms with E-state index >= 15 is 0 Å². The van der Waals surface area contributed by atoms with Crippen molar-refractivity contribution in [2.45, 2.75) is 26.3 Å². The fourth-order valence-electron chi connectivity index (χ4n) is 2.00. The van der Waals surface area contributed by atoms with Gasteiger partial charge in [-0.1, -0.05) is 13.8 Å². The second-order valence-electron chi connectivity index (χ2n) is 4.26. The highest BCUT2D eigenvalue weighted by molar-refractivity contribution is 7.85. The summed E-state index contributed by atoms with van der Waals surface area (Å²) in [6.45, 7) is 5.23. The molecule has 1 heterocycles. The Labute approximate surface area is 93.1 Å². The van der Waals surface area contributed by atoms with Crippen molar-refractivity contribution in [3.63, 3.8) is 0 Å². The van der Waals surface area contributed by atoms with E-state index in [1.54, 1.807) is 0 Å². The van der Waals surface area contributed by atoms with Crippen LogP contribution in [0, 0.1) is 5.92 Å². The van der Waals surface area contributed by atoms with E-state index in [-0.39, 0.29) is 5.92 Å². The third-order valence-corrected chi connectivity index (χ3v) is 4.08. The van der Waals surface area contributed by atoms with Crippen LogP contribution in [0.3, 0.4) is 0 Å². The van der Waals surface area contributed by atoms with E-state index < -0.39 is 22.8 Å². The lowest BCUT2D eigenvalue weighted by Gasteiger charge is -2.29. The van der Waals surface area contributed by atoms with Crippen LogP contribution in [0.2, 0.25) is 0 Å². The Morgan fingerprint density at radius 2 is 2.00 bits per heavy atom. The van der Waals surface area contributed by atoms with Gasteiger partial charge in [-0.25, -0.2) is 0 Å². The highest BCUT2D eigenvalue weighted by Gasteiger charge is 2.29. The second-order valence-corrected chi connectivity index (χ2v) is 5.96. The SMILES string of the molecule is CC(C)C(C(=O)O)N1CCCS(=O)CC1. The number of hydrogen-bond donors (Lipinski definition) is 1. The molecule has 0 saturated carbocycles. The van der Waals surface area contributed by atoms with Crippen molar-refractivity contribution in [1.82, 2.24) is 4.90 Å². The molecule has 0 aromatic rings. The summed E-state index contributed by atoms with van der Waals surface area (Å²) < 4.78 is 11.3. The number of nitrogens with zero attached hydrogens (tertiary/aromatic N) is 1. The largest absolute Gasteiger partial charge is 0.480 e. The molecule has 4 nitrogen and oxygen atoms in total. The molecule has 1 fully saturated rings. The molecule has 1 rings (SSSR count). The summed E-state index contributed by atoms with van der Waals surface area (Å²) in [6, 6.07) is -0.430. The van der Waals surface area contributed by atoms with E-state index in [4.69, 9.17) is 5.11 Å². The minimum Gasteiger partial charge on any atom is -0.480 e. The first kappa shape index (κ1) is 12.6. The average molecular weight is 233 g/mol. The number of hydrogen-bond acceptors (Lipinski definition) is 3. The minimum atomic E-state index is -0.766. The van der Waals surface area contributed by atoms with Crippen LogP contribution in [0.25, 0.3) is 0 Å². The van der Waals surface area contributed by atoms with Gasteiger partial charge in [-0.05, 0) is 18.9 Å². The fraction of sp³-hybridized carbons (Fsp3) is 0.900. The van der Waals surface area contributed by atoms with Gasteiger partial charge in [0.1, 0.15) is 6.04 Å². The number of rotatable bonds is 3. The van der Waals surface area contributed by atoms with Crippen molar-refractivity contribution >= 4 is 16.8 Å². The maximum atomic E-state index is 11.3. The molecule has 0 radical (unpaired) electrons. The van der Waals surface area contributed by atoms with Crippen molar-refractivity contribution in [3.05, 3.63) is 0 Å². The summed E-state index contributed by atoms with van der Waals surface area (Å²) in [5, 5.41) is 9.14. The fourth-order valence-corrected chi connectivity index (χ4v) is 3.10. The molecule has 0 bridgehead atoms. The van der Waals surface area contributed by atoms with Crippen LogP contribution >= 0.6 is 0 Å². The maximum Gasteiger partial charge on any atom is 0.321 e. The van der Waals surface area contributed by atoms with Crippen LogP contribution in [0.1, 0.15) is 20.3 Å². The zero-order valence-corrected chi connectivity index (χ0v) is 10.1. The van der Waals surface area contributed by atoms with Crippen LogP contribution in [0.4, 0.5) is 0 Å². The van der Waals surface area contributed by atoms with Gasteiger partial charge in [-0.15, -0.1) is 0 Å². The lowest BCUT2D eigenvalue weighted by atomic mass is 10.0. The average Bonchev–Trinajstić information content (AvgIpc) is 2.30. The first-order chi connectivity index (χ1) is 7.02. The number of carboxylic acid groups (broad SMARTS) is 1. The molecule has 1 saturated heterocycles. The molecule has 2 unspecified atom stereocenters. The quantitative estimate of drug-likeness (QED) is 0.773. The van der Waals surface area contributed by atoms with Gasteiger partial charge in [0.05, 0.1) is 0 Å². The summed E-state index contributed by atoms with van der Waals surface area (Å²) in [5.74, 6) is 0.643. The number of aliphatic carboxylic acids is 1. The number of carbonyl (C=O) groups is 1. The predicted molar refractivity (Wildman–Crippen MR) is 60.3 cm³/mol. The second kappa shape index (κ2) is 5.61. The summed E-state index contributed by atoms with van der Waals surface area (Å²) in [6.07, 6.45) is 0.836. The summed E-state index contributed by atoms with van der Waals surface area (Å²) >= 11 is 0. The van der Waals surface area contributed by atoms with E-state index in [1.165, 1.54) is 0 Å². The molecule has 1 aliphatic heterocycles. The monoisotopic (exact) mass is 233 g/mol. The third kappa shape index (κ3) is 3.57. The molecule has 2 atom stereocenters. The van der Waals surface area contributed by atoms with E-state index in [0.29, 0.717) is 18.1 Å². The van der Waals surface area contributed by atoms with Crippen molar-refractivity contribution in [2.75, 3.05) is 24.6 Å². The van der Waals surface area contributed by atoms with Crippen molar-refractivity contribution < 1.29 is 14.1 Å². The van der Waals surface area contributed by atoms with Gasteiger partial charge >= 0.3 is 5.97 Å². The first-order valence-electron chi connectivity index (χ1n) is 5.34. The van der Waals surface area contributed by atoms with Crippen LogP contribution < -0.4 is 0 Å². The molecule has 0 aromatic carbocycles. The van der Waals surface area contributed by atoms with Gasteiger partial charge in [-0.3, -0.25) is 13.9 Å². The normalized spacial score (nSPS) is 26.2. The zero-order valence-electron chi connectivity index (χ0n) is 9.31. The van der Waals surface area contributed by atoms with Gasteiger partial charge < -0.3 is 5.11 Å². The van der Waals surface area contributed by atoms with Crippen molar-refractivity contribution in [1.29, 1.82) is 0 Å². The topological polar surface area (TPSA) is 57.6 Å². The van der Waals surface area contributed by atoms with Crippen LogP contribution in [0.5, 0.6) is 0 Å². The van der Waals surface area contributed by atoms with E-state index in [9.17, 15) is 9.00 Å². The Hall–Kier alpha value is -0.420. The molecule has 15 heavy (non-hydrogen) atoms. The molecule has 0 spiro atoms. The smallest absolute Gasteiger partial charge is 0.321 e. The minimum absolute atomic E-state index is 0.0917. The molecule has 0 aromatic heterocycles. The van der Waals surface area contributed by atoms with Gasteiger partial charge in [0, 0.05) is 28.9 Å². The molecular weight excluding hydrogens is 214 g/mol. The standard InChI is InChI=1S/C10H19NO3S/c1-8(2)9(10(12)13)11-4-3-6-15(14)7-5-11/h8-9H,3-7H2,1-2H3,(H,12,13). The molecule has 1 N–H and O–H groups in total. The zero-order chi connectivity index (χ0) is 11.4. The molecule has 0 amide bonds. The van der Waals surface area contributed by atoms with Gasteiger partial charge in [0.25, 0.3) is 0 Å². The van der Waals surface area contributed by atoms with E-state index in [1.807, 2.05) is 18.7 Å². The third-order valence-electron chi connectivity index (χ3n) is 2.70. The van der Waals surface area contributed by atoms with Crippen molar-refractivity contribution in [2.24, 2.45) is 5.92 Å². The molecule has 5 heteroatoms.